The van der Waals surface area contributed by atoms with Gasteiger partial charge < -0.3 is 23.4 Å². The molecule has 11 heteroatoms. The van der Waals surface area contributed by atoms with E-state index in [0.29, 0.717) is 57.6 Å². The molecule has 0 saturated carbocycles. The van der Waals surface area contributed by atoms with Gasteiger partial charge >= 0.3 is 5.97 Å². The Hall–Kier alpha value is -4.38. The highest BCUT2D eigenvalue weighted by Gasteiger charge is 2.17. The zero-order valence-corrected chi connectivity index (χ0v) is 22.3. The number of thiazole rings is 1. The van der Waals surface area contributed by atoms with Gasteiger partial charge in [-0.3, -0.25) is 10.2 Å². The molecule has 2 heterocycles. The van der Waals surface area contributed by atoms with Crippen molar-refractivity contribution < 1.29 is 28.2 Å². The average molecular weight is 537 g/mol. The Morgan fingerprint density at radius 3 is 2.63 bits per heavy atom. The molecule has 0 unspecified atom stereocenters. The van der Waals surface area contributed by atoms with Gasteiger partial charge in [0.1, 0.15) is 35.3 Å². The Kier molecular flexibility index (Phi) is 8.94. The van der Waals surface area contributed by atoms with Crippen LogP contribution in [-0.2, 0) is 22.6 Å². The number of aryl methyl sites for hydroxylation is 1. The number of carbonyl (C=O) groups is 1. The predicted molar refractivity (Wildman–Crippen MR) is 144 cm³/mol. The van der Waals surface area contributed by atoms with E-state index < -0.39 is 0 Å². The molecule has 0 saturated heterocycles. The minimum Gasteiger partial charge on any atom is -0.497 e. The van der Waals surface area contributed by atoms with Gasteiger partial charge in [-0.2, -0.15) is 5.10 Å². The summed E-state index contributed by atoms with van der Waals surface area (Å²) in [5, 5.41) is 6.60. The fraction of sp³-hybridized carbons (Fsp3) is 0.259. The molecular weight excluding hydrogens is 508 g/mol. The molecule has 0 amide bonds. The molecule has 0 fully saturated rings. The van der Waals surface area contributed by atoms with Gasteiger partial charge in [0.2, 0.25) is 11.0 Å². The number of rotatable bonds is 12. The predicted octanol–water partition coefficient (Wildman–Crippen LogP) is 5.25. The van der Waals surface area contributed by atoms with E-state index in [4.69, 9.17) is 23.4 Å². The summed E-state index contributed by atoms with van der Waals surface area (Å²) in [7, 11) is 3.20. The van der Waals surface area contributed by atoms with Crippen molar-refractivity contribution in [3.8, 4) is 28.7 Å². The quantitative estimate of drug-likeness (QED) is 0.147. The molecule has 0 aliphatic heterocycles. The lowest BCUT2D eigenvalue weighted by Crippen LogP contribution is -2.07. The third-order valence-corrected chi connectivity index (χ3v) is 6.14. The third-order valence-electron chi connectivity index (χ3n) is 5.34. The van der Waals surface area contributed by atoms with E-state index >= 15 is 0 Å². The number of oxazole rings is 1. The first kappa shape index (κ1) is 26.7. The number of hydrogen-bond acceptors (Lipinski definition) is 11. The van der Waals surface area contributed by atoms with Crippen molar-refractivity contribution in [2.45, 2.75) is 26.9 Å². The van der Waals surface area contributed by atoms with Crippen molar-refractivity contribution in [1.29, 1.82) is 0 Å². The van der Waals surface area contributed by atoms with Crippen LogP contribution in [0, 0.1) is 6.92 Å². The van der Waals surface area contributed by atoms with Crippen LogP contribution in [-0.4, -0.2) is 43.0 Å². The molecule has 2 aromatic carbocycles. The monoisotopic (exact) mass is 536 g/mol. The van der Waals surface area contributed by atoms with Gasteiger partial charge in [0, 0.05) is 5.38 Å². The van der Waals surface area contributed by atoms with E-state index in [1.807, 2.05) is 49.4 Å². The molecule has 0 bridgehead atoms. The molecule has 38 heavy (non-hydrogen) atoms. The molecule has 0 aliphatic carbocycles. The number of anilines is 1. The van der Waals surface area contributed by atoms with E-state index in [-0.39, 0.29) is 19.0 Å². The second-order valence-electron chi connectivity index (χ2n) is 7.94. The zero-order chi connectivity index (χ0) is 26.9. The Morgan fingerprint density at radius 2 is 1.89 bits per heavy atom. The fourth-order valence-corrected chi connectivity index (χ4v) is 4.08. The summed E-state index contributed by atoms with van der Waals surface area (Å²) in [5.41, 5.74) is 5.78. The lowest BCUT2D eigenvalue weighted by atomic mass is 10.2. The van der Waals surface area contributed by atoms with Gasteiger partial charge in [-0.1, -0.05) is 0 Å². The number of benzene rings is 2. The first-order chi connectivity index (χ1) is 18.5. The van der Waals surface area contributed by atoms with Crippen molar-refractivity contribution in [3.05, 3.63) is 70.6 Å². The first-order valence-corrected chi connectivity index (χ1v) is 12.7. The Labute approximate surface area is 224 Å². The summed E-state index contributed by atoms with van der Waals surface area (Å²) in [6, 6.07) is 12.9. The van der Waals surface area contributed by atoms with Crippen LogP contribution in [0.2, 0.25) is 0 Å². The van der Waals surface area contributed by atoms with Crippen LogP contribution < -0.4 is 19.6 Å². The highest BCUT2D eigenvalue weighted by Crippen LogP contribution is 2.34. The van der Waals surface area contributed by atoms with E-state index in [0.717, 1.165) is 5.56 Å². The number of esters is 1. The summed E-state index contributed by atoms with van der Waals surface area (Å²) in [5.74, 6) is 2.79. The number of nitrogens with zero attached hydrogens (tertiary/aromatic N) is 3. The van der Waals surface area contributed by atoms with Gasteiger partial charge in [-0.15, -0.1) is 11.3 Å². The lowest BCUT2D eigenvalue weighted by Gasteiger charge is -2.07. The first-order valence-electron chi connectivity index (χ1n) is 11.8. The van der Waals surface area contributed by atoms with Crippen molar-refractivity contribution in [3.63, 3.8) is 0 Å². The molecule has 0 spiro atoms. The van der Waals surface area contributed by atoms with Gasteiger partial charge in [-0.05, 0) is 61.9 Å². The smallest absolute Gasteiger partial charge is 0.311 e. The maximum atomic E-state index is 11.6. The highest BCUT2D eigenvalue weighted by atomic mass is 32.1. The molecule has 10 nitrogen and oxygen atoms in total. The van der Waals surface area contributed by atoms with Crippen molar-refractivity contribution in [2.75, 3.05) is 26.3 Å². The van der Waals surface area contributed by atoms with Crippen LogP contribution in [0.25, 0.3) is 11.5 Å². The summed E-state index contributed by atoms with van der Waals surface area (Å²) in [6.45, 7) is 4.21. The number of hydrazone groups is 1. The minimum absolute atomic E-state index is 0.140. The fourth-order valence-electron chi connectivity index (χ4n) is 3.42. The van der Waals surface area contributed by atoms with Crippen LogP contribution in [0.1, 0.15) is 29.6 Å². The number of ether oxygens (including phenoxy) is 4. The molecule has 1 N–H and O–H groups in total. The normalized spacial score (nSPS) is 10.9. The highest BCUT2D eigenvalue weighted by molar-refractivity contribution is 7.13. The minimum atomic E-state index is -0.300. The van der Waals surface area contributed by atoms with Crippen LogP contribution in [0.5, 0.6) is 17.2 Å². The van der Waals surface area contributed by atoms with Crippen LogP contribution >= 0.6 is 11.3 Å². The molecule has 2 aromatic heterocycles. The van der Waals surface area contributed by atoms with Crippen molar-refractivity contribution in [1.82, 2.24) is 9.97 Å². The summed E-state index contributed by atoms with van der Waals surface area (Å²) < 4.78 is 27.5. The topological polar surface area (TPSA) is 117 Å². The number of aromatic nitrogens is 2. The molecule has 0 radical (unpaired) electrons. The molecule has 0 aliphatic rings. The van der Waals surface area contributed by atoms with E-state index in [2.05, 4.69) is 20.5 Å². The van der Waals surface area contributed by atoms with Gasteiger partial charge in [0.25, 0.3) is 0 Å². The molecular formula is C27H28N4O6S. The maximum Gasteiger partial charge on any atom is 0.311 e. The van der Waals surface area contributed by atoms with Crippen molar-refractivity contribution >= 4 is 28.7 Å². The Balaban J connectivity index is 1.32. The molecule has 4 rings (SSSR count). The number of methoxy groups -OCH3 is 2. The van der Waals surface area contributed by atoms with E-state index in [1.165, 1.54) is 11.3 Å². The third kappa shape index (κ3) is 6.88. The summed E-state index contributed by atoms with van der Waals surface area (Å²) in [6.07, 6.45) is 1.81. The van der Waals surface area contributed by atoms with Gasteiger partial charge in [0.15, 0.2) is 0 Å². The number of carbonyl (C=O) groups excluding carboxylic acids is 1. The van der Waals surface area contributed by atoms with Crippen LogP contribution in [0.3, 0.4) is 0 Å². The zero-order valence-electron chi connectivity index (χ0n) is 21.5. The average Bonchev–Trinajstić information content (AvgIpc) is 3.53. The summed E-state index contributed by atoms with van der Waals surface area (Å²) >= 11 is 1.37. The van der Waals surface area contributed by atoms with E-state index in [9.17, 15) is 4.79 Å². The van der Waals surface area contributed by atoms with Crippen LogP contribution in [0.4, 0.5) is 5.13 Å². The lowest BCUT2D eigenvalue weighted by molar-refractivity contribution is -0.142. The molecule has 0 atom stereocenters. The van der Waals surface area contributed by atoms with E-state index in [1.54, 1.807) is 32.7 Å². The Bertz CT molecular complexity index is 1400. The largest absolute Gasteiger partial charge is 0.497 e. The SMILES string of the molecule is CCOC(=O)Cc1csc(NN=Cc2ccc(OCc3nc(-c4cc(OC)ccc4OC)oc3C)cc2)n1. The molecule has 198 valence electrons. The number of hydrogen-bond donors (Lipinski definition) is 1. The van der Waals surface area contributed by atoms with Gasteiger partial charge in [0.05, 0.1) is 44.7 Å². The summed E-state index contributed by atoms with van der Waals surface area (Å²) in [4.78, 5) is 20.5. The second kappa shape index (κ2) is 12.7. The van der Waals surface area contributed by atoms with Gasteiger partial charge in [-0.25, -0.2) is 9.97 Å². The van der Waals surface area contributed by atoms with Crippen LogP contribution in [0.15, 0.2) is 57.4 Å². The standard InChI is InChI=1S/C27H28N4O6S/c1-5-35-25(32)12-19-16-38-27(29-19)31-28-14-18-6-8-20(9-7-18)36-15-23-17(2)37-26(30-23)22-13-21(33-3)10-11-24(22)34-4/h6-11,13-14,16H,5,12,15H2,1-4H3,(H,29,31). The molecule has 4 aromatic rings. The Morgan fingerprint density at radius 1 is 1.11 bits per heavy atom. The van der Waals surface area contributed by atoms with Crippen molar-refractivity contribution in [2.24, 2.45) is 5.10 Å². The maximum absolute atomic E-state index is 11.6. The number of nitrogens with one attached hydrogen (secondary N) is 1. The second-order valence-corrected chi connectivity index (χ2v) is 8.80.